The molecule has 2 aliphatic rings. The van der Waals surface area contributed by atoms with E-state index >= 15 is 0 Å². The number of nitrogens with zero attached hydrogens (tertiary/aromatic N) is 1. The summed E-state index contributed by atoms with van der Waals surface area (Å²) in [6.07, 6.45) is 4.13. The number of aromatic hydroxyl groups is 1. The highest BCUT2D eigenvalue weighted by atomic mass is 32.1. The SMILES string of the molecule is COc1c(O)ccc2c1-c1ccc3c(c1C(=Cc1sccc1C#N)O2)C(C)=CC(C)(C)N3. The largest absolute Gasteiger partial charge is 0.504 e. The molecular formula is C26H22N2O3S. The Morgan fingerprint density at radius 1 is 1.16 bits per heavy atom. The van der Waals surface area contributed by atoms with Gasteiger partial charge in [-0.25, -0.2) is 0 Å². The number of benzene rings is 2. The van der Waals surface area contributed by atoms with Crippen molar-refractivity contribution in [2.45, 2.75) is 26.3 Å². The summed E-state index contributed by atoms with van der Waals surface area (Å²) in [5.41, 5.74) is 6.15. The molecule has 3 aromatic rings. The van der Waals surface area contributed by atoms with Crippen molar-refractivity contribution >= 4 is 34.4 Å². The summed E-state index contributed by atoms with van der Waals surface area (Å²) >= 11 is 1.50. The molecule has 0 fully saturated rings. The van der Waals surface area contributed by atoms with E-state index in [2.05, 4.69) is 44.3 Å². The monoisotopic (exact) mass is 442 g/mol. The summed E-state index contributed by atoms with van der Waals surface area (Å²) in [5, 5.41) is 25.4. The van der Waals surface area contributed by atoms with Crippen LogP contribution in [0.25, 0.3) is 28.5 Å². The first kappa shape index (κ1) is 20.2. The molecular weight excluding hydrogens is 420 g/mol. The summed E-state index contributed by atoms with van der Waals surface area (Å²) < 4.78 is 12.0. The van der Waals surface area contributed by atoms with Crippen molar-refractivity contribution in [3.05, 3.63) is 63.4 Å². The maximum absolute atomic E-state index is 10.4. The Morgan fingerprint density at radius 3 is 2.72 bits per heavy atom. The van der Waals surface area contributed by atoms with Crippen molar-refractivity contribution in [3.8, 4) is 34.4 Å². The molecule has 0 atom stereocenters. The lowest BCUT2D eigenvalue weighted by Crippen LogP contribution is -2.32. The predicted octanol–water partition coefficient (Wildman–Crippen LogP) is 6.50. The van der Waals surface area contributed by atoms with Crippen molar-refractivity contribution in [1.82, 2.24) is 0 Å². The van der Waals surface area contributed by atoms with E-state index in [4.69, 9.17) is 9.47 Å². The van der Waals surface area contributed by atoms with Crippen LogP contribution in [0.4, 0.5) is 5.69 Å². The average molecular weight is 443 g/mol. The van der Waals surface area contributed by atoms with E-state index in [9.17, 15) is 10.4 Å². The molecule has 0 spiro atoms. The molecule has 0 aliphatic carbocycles. The zero-order valence-electron chi connectivity index (χ0n) is 18.2. The Morgan fingerprint density at radius 2 is 1.97 bits per heavy atom. The van der Waals surface area contributed by atoms with Gasteiger partial charge < -0.3 is 19.9 Å². The van der Waals surface area contributed by atoms with Gasteiger partial charge in [0.15, 0.2) is 11.5 Å². The Hall–Kier alpha value is -3.69. The molecule has 5 rings (SSSR count). The standard InChI is InChI=1S/C26H22N2O3S/c1-14-12-26(2,3)28-17-6-5-16-23(22(14)17)20(11-21-15(13-27)9-10-32-21)31-19-8-7-18(29)25(30-4)24(16)19/h5-12,28-29H,1-4H3. The van der Waals surface area contributed by atoms with E-state index in [1.165, 1.54) is 11.3 Å². The van der Waals surface area contributed by atoms with Crippen LogP contribution in [0.15, 0.2) is 41.8 Å². The first-order chi connectivity index (χ1) is 15.3. The summed E-state index contributed by atoms with van der Waals surface area (Å²) in [7, 11) is 1.54. The Bertz CT molecular complexity index is 1370. The number of fused-ring (bicyclic) bond motifs is 5. The highest BCUT2D eigenvalue weighted by Gasteiger charge is 2.33. The Kier molecular flexibility index (Phi) is 4.54. The number of rotatable bonds is 2. The number of allylic oxidation sites excluding steroid dienone is 1. The van der Waals surface area contributed by atoms with Crippen molar-refractivity contribution in [2.75, 3.05) is 12.4 Å². The van der Waals surface area contributed by atoms with Crippen LogP contribution < -0.4 is 14.8 Å². The first-order valence-electron chi connectivity index (χ1n) is 10.3. The molecule has 0 amide bonds. The van der Waals surface area contributed by atoms with Gasteiger partial charge in [-0.1, -0.05) is 12.1 Å². The number of phenols is 1. The average Bonchev–Trinajstić information content (AvgIpc) is 3.19. The van der Waals surface area contributed by atoms with E-state index in [0.717, 1.165) is 32.8 Å². The van der Waals surface area contributed by atoms with Crippen LogP contribution in [0.2, 0.25) is 0 Å². The van der Waals surface area contributed by atoms with Crippen molar-refractivity contribution in [2.24, 2.45) is 0 Å². The second kappa shape index (κ2) is 7.18. The highest BCUT2D eigenvalue weighted by Crippen LogP contribution is 2.54. The van der Waals surface area contributed by atoms with Crippen molar-refractivity contribution in [3.63, 3.8) is 0 Å². The lowest BCUT2D eigenvalue weighted by Gasteiger charge is -2.35. The normalized spacial score (nSPS) is 16.6. The number of ether oxygens (including phenoxy) is 2. The predicted molar refractivity (Wildman–Crippen MR) is 129 cm³/mol. The minimum atomic E-state index is -0.180. The molecule has 2 aliphatic heterocycles. The number of thiophene rings is 1. The maximum Gasteiger partial charge on any atom is 0.172 e. The van der Waals surface area contributed by atoms with Gasteiger partial charge >= 0.3 is 0 Å². The molecule has 3 heterocycles. The molecule has 5 nitrogen and oxygen atoms in total. The van der Waals surface area contributed by atoms with Gasteiger partial charge in [-0.3, -0.25) is 0 Å². The molecule has 6 heteroatoms. The molecule has 0 saturated carbocycles. The lowest BCUT2D eigenvalue weighted by atomic mass is 9.83. The van der Waals surface area contributed by atoms with Crippen LogP contribution in [0.3, 0.4) is 0 Å². The van der Waals surface area contributed by atoms with Gasteiger partial charge in [-0.2, -0.15) is 5.26 Å². The molecule has 2 N–H and O–H groups in total. The number of nitriles is 1. The smallest absolute Gasteiger partial charge is 0.172 e. The number of nitrogens with one attached hydrogen (secondary N) is 1. The third kappa shape index (κ3) is 3.05. The Balaban J connectivity index is 1.85. The van der Waals surface area contributed by atoms with Gasteiger partial charge in [0.1, 0.15) is 17.6 Å². The van der Waals surface area contributed by atoms with Gasteiger partial charge in [0.05, 0.1) is 23.8 Å². The van der Waals surface area contributed by atoms with Gasteiger partial charge in [0.25, 0.3) is 0 Å². The molecule has 32 heavy (non-hydrogen) atoms. The zero-order chi connectivity index (χ0) is 22.6. The fourth-order valence-corrected chi connectivity index (χ4v) is 5.36. The quantitative estimate of drug-likeness (QED) is 0.474. The zero-order valence-corrected chi connectivity index (χ0v) is 19.1. The number of anilines is 1. The summed E-state index contributed by atoms with van der Waals surface area (Å²) in [4.78, 5) is 0.839. The summed E-state index contributed by atoms with van der Waals surface area (Å²) in [5.74, 6) is 1.69. The fraction of sp³-hybridized carbons (Fsp3) is 0.192. The number of phenolic OH excluding ortho intramolecular Hbond substituents is 1. The molecule has 1 aromatic heterocycles. The molecule has 0 unspecified atom stereocenters. The van der Waals surface area contributed by atoms with Crippen LogP contribution in [-0.2, 0) is 0 Å². The minimum absolute atomic E-state index is 0.0579. The number of methoxy groups -OCH3 is 1. The molecule has 0 saturated heterocycles. The van der Waals surface area contributed by atoms with E-state index < -0.39 is 0 Å². The summed E-state index contributed by atoms with van der Waals surface area (Å²) in [6, 6.07) is 11.5. The third-order valence-corrected chi connectivity index (χ3v) is 6.61. The lowest BCUT2D eigenvalue weighted by molar-refractivity contribution is 0.371. The highest BCUT2D eigenvalue weighted by molar-refractivity contribution is 7.11. The third-order valence-electron chi connectivity index (χ3n) is 5.75. The van der Waals surface area contributed by atoms with Crippen molar-refractivity contribution < 1.29 is 14.6 Å². The molecule has 160 valence electrons. The fourth-order valence-electron chi connectivity index (χ4n) is 4.59. The Labute approximate surface area is 190 Å². The van der Waals surface area contributed by atoms with Crippen LogP contribution in [-0.4, -0.2) is 17.8 Å². The van der Waals surface area contributed by atoms with Crippen LogP contribution in [0.5, 0.6) is 17.2 Å². The van der Waals surface area contributed by atoms with Gasteiger partial charge in [-0.05, 0) is 62.1 Å². The maximum atomic E-state index is 10.4. The second-order valence-electron chi connectivity index (χ2n) is 8.50. The molecule has 2 aromatic carbocycles. The van der Waals surface area contributed by atoms with E-state index in [1.54, 1.807) is 19.2 Å². The topological polar surface area (TPSA) is 74.5 Å². The van der Waals surface area contributed by atoms with E-state index in [-0.39, 0.29) is 11.3 Å². The minimum Gasteiger partial charge on any atom is -0.504 e. The second-order valence-corrected chi connectivity index (χ2v) is 9.44. The van der Waals surface area contributed by atoms with Crippen LogP contribution >= 0.6 is 11.3 Å². The van der Waals surface area contributed by atoms with Gasteiger partial charge in [0.2, 0.25) is 0 Å². The number of hydrogen-bond donors (Lipinski definition) is 2. The van der Waals surface area contributed by atoms with E-state index in [0.29, 0.717) is 28.4 Å². The van der Waals surface area contributed by atoms with Crippen molar-refractivity contribution in [1.29, 1.82) is 5.26 Å². The number of hydrogen-bond acceptors (Lipinski definition) is 6. The van der Waals surface area contributed by atoms with Gasteiger partial charge in [-0.15, -0.1) is 11.3 Å². The van der Waals surface area contributed by atoms with Crippen LogP contribution in [0.1, 0.15) is 42.3 Å². The molecule has 0 radical (unpaired) electrons. The van der Waals surface area contributed by atoms with E-state index in [1.807, 2.05) is 23.6 Å². The van der Waals surface area contributed by atoms with Gasteiger partial charge in [0, 0.05) is 27.3 Å². The first-order valence-corrected chi connectivity index (χ1v) is 11.1. The summed E-state index contributed by atoms with van der Waals surface area (Å²) in [6.45, 7) is 6.36. The van der Waals surface area contributed by atoms with Crippen LogP contribution in [0, 0.1) is 11.3 Å². The molecule has 0 bridgehead atoms.